The molecule has 4 nitrogen and oxygen atoms in total. The number of nitriles is 1. The molecular formula is C19H20Cl2N4. The van der Waals surface area contributed by atoms with Crippen LogP contribution in [0.2, 0.25) is 0 Å². The number of hydrogen-bond acceptors (Lipinski definition) is 4. The Morgan fingerprint density at radius 2 is 1.64 bits per heavy atom. The van der Waals surface area contributed by atoms with Crippen molar-refractivity contribution in [3.63, 3.8) is 0 Å². The third-order valence-electron chi connectivity index (χ3n) is 3.78. The van der Waals surface area contributed by atoms with E-state index in [1.54, 1.807) is 0 Å². The lowest BCUT2D eigenvalue weighted by Gasteiger charge is -2.07. The molecule has 0 bridgehead atoms. The van der Waals surface area contributed by atoms with E-state index < -0.39 is 0 Å². The van der Waals surface area contributed by atoms with E-state index in [1.807, 2.05) is 36.4 Å². The molecule has 130 valence electrons. The third kappa shape index (κ3) is 5.61. The van der Waals surface area contributed by atoms with Gasteiger partial charge in [-0.05, 0) is 54.4 Å². The van der Waals surface area contributed by atoms with Gasteiger partial charge in [-0.2, -0.15) is 5.26 Å². The average Bonchev–Trinajstić information content (AvgIpc) is 2.59. The van der Waals surface area contributed by atoms with Crippen LogP contribution in [0.15, 0.2) is 54.6 Å². The Labute approximate surface area is 159 Å². The highest BCUT2D eigenvalue weighted by molar-refractivity contribution is 5.85. The monoisotopic (exact) mass is 374 g/mol. The minimum absolute atomic E-state index is 0. The molecule has 1 heterocycles. The summed E-state index contributed by atoms with van der Waals surface area (Å²) in [5.74, 6) is 0.545. The second kappa shape index (κ2) is 9.85. The maximum atomic E-state index is 8.79. The number of rotatable bonds is 5. The molecule has 3 rings (SSSR count). The van der Waals surface area contributed by atoms with Gasteiger partial charge < -0.3 is 11.1 Å². The molecule has 6 heteroatoms. The number of nitrogens with zero attached hydrogens (tertiary/aromatic N) is 2. The van der Waals surface area contributed by atoms with Crippen molar-refractivity contribution in [2.45, 2.75) is 13.0 Å². The van der Waals surface area contributed by atoms with Crippen LogP contribution in [-0.4, -0.2) is 11.5 Å². The van der Waals surface area contributed by atoms with Crippen LogP contribution >= 0.6 is 24.8 Å². The van der Waals surface area contributed by atoms with Crippen LogP contribution < -0.4 is 11.1 Å². The second-order valence-corrected chi connectivity index (χ2v) is 5.50. The Hall–Kier alpha value is -2.32. The second-order valence-electron chi connectivity index (χ2n) is 5.50. The summed E-state index contributed by atoms with van der Waals surface area (Å²) in [5, 5.41) is 13.3. The summed E-state index contributed by atoms with van der Waals surface area (Å²) < 4.78 is 0. The SMILES string of the molecule is Cl.Cl.N#Cc1ccc(CCNCc2ccc3ccc(N)nc3c2)cc1. The standard InChI is InChI=1S/C19H18N4.2ClH/c20-12-15-3-1-14(2-4-15)9-10-22-13-16-5-6-17-7-8-19(21)23-18(17)11-16;;/h1-8,11,22H,9-10,13H2,(H2,21,23);2*1H. The molecule has 0 aliphatic carbocycles. The van der Waals surface area contributed by atoms with Gasteiger partial charge in [0, 0.05) is 11.9 Å². The molecule has 0 saturated carbocycles. The van der Waals surface area contributed by atoms with Crippen molar-refractivity contribution in [3.05, 3.63) is 71.3 Å². The minimum Gasteiger partial charge on any atom is -0.384 e. The number of aromatic nitrogens is 1. The molecule has 1 aromatic heterocycles. The number of halogens is 2. The van der Waals surface area contributed by atoms with Crippen molar-refractivity contribution in [3.8, 4) is 6.07 Å². The number of nitrogen functional groups attached to an aromatic ring is 1. The highest BCUT2D eigenvalue weighted by Crippen LogP contribution is 2.15. The summed E-state index contributed by atoms with van der Waals surface area (Å²) in [6.45, 7) is 1.68. The van der Waals surface area contributed by atoms with Crippen molar-refractivity contribution in [1.82, 2.24) is 10.3 Å². The predicted molar refractivity (Wildman–Crippen MR) is 107 cm³/mol. The number of nitrogens with one attached hydrogen (secondary N) is 1. The molecule has 0 amide bonds. The van der Waals surface area contributed by atoms with Crippen LogP contribution in [0, 0.1) is 11.3 Å². The number of nitrogens with two attached hydrogens (primary N) is 1. The summed E-state index contributed by atoms with van der Waals surface area (Å²) in [6, 6.07) is 19.9. The van der Waals surface area contributed by atoms with Gasteiger partial charge in [0.2, 0.25) is 0 Å². The fourth-order valence-corrected chi connectivity index (χ4v) is 2.50. The number of anilines is 1. The fourth-order valence-electron chi connectivity index (χ4n) is 2.50. The highest BCUT2D eigenvalue weighted by atomic mass is 35.5. The van der Waals surface area contributed by atoms with Crippen molar-refractivity contribution < 1.29 is 0 Å². The first-order valence-corrected chi connectivity index (χ1v) is 7.59. The Bertz CT molecular complexity index is 857. The molecule has 2 aromatic carbocycles. The molecule has 0 unspecified atom stereocenters. The summed E-state index contributed by atoms with van der Waals surface area (Å²) in [5.41, 5.74) is 9.78. The third-order valence-corrected chi connectivity index (χ3v) is 3.78. The molecular weight excluding hydrogens is 355 g/mol. The quantitative estimate of drug-likeness (QED) is 0.664. The Kier molecular flexibility index (Phi) is 8.17. The van der Waals surface area contributed by atoms with Gasteiger partial charge in [0.15, 0.2) is 0 Å². The zero-order valence-corrected chi connectivity index (χ0v) is 15.2. The van der Waals surface area contributed by atoms with Gasteiger partial charge in [0.05, 0.1) is 17.1 Å². The maximum absolute atomic E-state index is 8.79. The van der Waals surface area contributed by atoms with Crippen molar-refractivity contribution in [1.29, 1.82) is 5.26 Å². The van der Waals surface area contributed by atoms with Gasteiger partial charge in [-0.3, -0.25) is 0 Å². The molecule has 3 N–H and O–H groups in total. The van der Waals surface area contributed by atoms with E-state index >= 15 is 0 Å². The van der Waals surface area contributed by atoms with E-state index in [1.165, 1.54) is 11.1 Å². The molecule has 0 spiro atoms. The van der Waals surface area contributed by atoms with Crippen LogP contribution in [0.25, 0.3) is 10.9 Å². The first-order chi connectivity index (χ1) is 11.2. The summed E-state index contributed by atoms with van der Waals surface area (Å²) >= 11 is 0. The normalized spacial score (nSPS) is 9.72. The first kappa shape index (κ1) is 20.7. The molecule has 3 aromatic rings. The highest BCUT2D eigenvalue weighted by Gasteiger charge is 1.99. The molecule has 25 heavy (non-hydrogen) atoms. The molecule has 0 atom stereocenters. The minimum atomic E-state index is 0. The van der Waals surface area contributed by atoms with Gasteiger partial charge in [0.1, 0.15) is 5.82 Å². The lowest BCUT2D eigenvalue weighted by Crippen LogP contribution is -2.16. The molecule has 0 aliphatic rings. The van der Waals surface area contributed by atoms with E-state index in [-0.39, 0.29) is 24.8 Å². The van der Waals surface area contributed by atoms with Crippen LogP contribution in [0.3, 0.4) is 0 Å². The zero-order valence-electron chi connectivity index (χ0n) is 13.6. The van der Waals surface area contributed by atoms with E-state index in [9.17, 15) is 0 Å². The van der Waals surface area contributed by atoms with E-state index in [4.69, 9.17) is 11.0 Å². The van der Waals surface area contributed by atoms with Crippen LogP contribution in [0.1, 0.15) is 16.7 Å². The van der Waals surface area contributed by atoms with Crippen molar-refractivity contribution in [2.24, 2.45) is 0 Å². The average molecular weight is 375 g/mol. The van der Waals surface area contributed by atoms with Crippen LogP contribution in [-0.2, 0) is 13.0 Å². The smallest absolute Gasteiger partial charge is 0.124 e. The Morgan fingerprint density at radius 1 is 0.960 bits per heavy atom. The number of benzene rings is 2. The number of hydrogen-bond donors (Lipinski definition) is 2. The largest absolute Gasteiger partial charge is 0.384 e. The molecule has 0 fully saturated rings. The molecule has 0 aliphatic heterocycles. The van der Waals surface area contributed by atoms with E-state index in [0.29, 0.717) is 11.4 Å². The first-order valence-electron chi connectivity index (χ1n) is 7.59. The Morgan fingerprint density at radius 3 is 2.36 bits per heavy atom. The van der Waals surface area contributed by atoms with E-state index in [2.05, 4.69) is 34.6 Å². The van der Waals surface area contributed by atoms with Crippen LogP contribution in [0.4, 0.5) is 5.82 Å². The van der Waals surface area contributed by atoms with Gasteiger partial charge in [-0.25, -0.2) is 4.98 Å². The summed E-state index contributed by atoms with van der Waals surface area (Å²) in [7, 11) is 0. The molecule has 0 saturated heterocycles. The van der Waals surface area contributed by atoms with E-state index in [0.717, 1.165) is 30.4 Å². The zero-order chi connectivity index (χ0) is 16.1. The van der Waals surface area contributed by atoms with Crippen molar-refractivity contribution in [2.75, 3.05) is 12.3 Å². The van der Waals surface area contributed by atoms with Gasteiger partial charge in [-0.15, -0.1) is 24.8 Å². The topological polar surface area (TPSA) is 74.7 Å². The lowest BCUT2D eigenvalue weighted by atomic mass is 10.1. The predicted octanol–water partition coefficient (Wildman–Crippen LogP) is 3.86. The van der Waals surface area contributed by atoms with Gasteiger partial charge >= 0.3 is 0 Å². The molecule has 0 radical (unpaired) electrons. The van der Waals surface area contributed by atoms with Crippen molar-refractivity contribution >= 4 is 41.5 Å². The summed E-state index contributed by atoms with van der Waals surface area (Å²) in [6.07, 6.45) is 0.935. The fraction of sp³-hybridized carbons (Fsp3) is 0.158. The Balaban J connectivity index is 0.00000156. The lowest BCUT2D eigenvalue weighted by molar-refractivity contribution is 0.687. The van der Waals surface area contributed by atoms with Gasteiger partial charge in [-0.1, -0.05) is 24.3 Å². The van der Waals surface area contributed by atoms with Crippen LogP contribution in [0.5, 0.6) is 0 Å². The number of fused-ring (bicyclic) bond motifs is 1. The summed E-state index contributed by atoms with van der Waals surface area (Å²) in [4.78, 5) is 4.35. The number of pyridine rings is 1. The maximum Gasteiger partial charge on any atom is 0.124 e. The van der Waals surface area contributed by atoms with Gasteiger partial charge in [0.25, 0.3) is 0 Å².